The molecule has 0 radical (unpaired) electrons. The van der Waals surface area contributed by atoms with Crippen molar-refractivity contribution in [3.63, 3.8) is 0 Å². The number of amides is 1. The Hall–Kier alpha value is -0.610. The summed E-state index contributed by atoms with van der Waals surface area (Å²) in [7, 11) is 0. The van der Waals surface area contributed by atoms with Crippen molar-refractivity contribution in [3.05, 3.63) is 0 Å². The minimum absolute atomic E-state index is 0.150. The number of hydrogen-bond donors (Lipinski definition) is 2. The van der Waals surface area contributed by atoms with Gasteiger partial charge in [0.2, 0.25) is 5.91 Å². The fourth-order valence-electron chi connectivity index (χ4n) is 2.25. The van der Waals surface area contributed by atoms with Gasteiger partial charge in [0.05, 0.1) is 5.54 Å². The van der Waals surface area contributed by atoms with Crippen LogP contribution in [0.4, 0.5) is 0 Å². The molecule has 0 aromatic heterocycles. The van der Waals surface area contributed by atoms with Gasteiger partial charge in [-0.3, -0.25) is 9.69 Å². The lowest BCUT2D eigenvalue weighted by molar-refractivity contribution is -0.133. The molecule has 4 heteroatoms. The van der Waals surface area contributed by atoms with E-state index >= 15 is 0 Å². The van der Waals surface area contributed by atoms with Crippen molar-refractivity contribution in [2.24, 2.45) is 5.92 Å². The predicted octanol–water partition coefficient (Wildman–Crippen LogP) is 1.22. The lowest BCUT2D eigenvalue weighted by atomic mass is 9.96. The highest BCUT2D eigenvalue weighted by molar-refractivity contribution is 5.85. The predicted molar refractivity (Wildman–Crippen MR) is 75.6 cm³/mol. The molecule has 1 fully saturated rings. The van der Waals surface area contributed by atoms with Crippen LogP contribution in [-0.4, -0.2) is 48.6 Å². The first-order chi connectivity index (χ1) is 8.39. The fraction of sp³-hybridized carbons (Fsp3) is 0.929. The van der Waals surface area contributed by atoms with Crippen molar-refractivity contribution in [1.82, 2.24) is 15.5 Å². The SMILES string of the molecule is CCC(C)C(C)NC(=O)C(C)(C)N1CCNCC1. The van der Waals surface area contributed by atoms with Gasteiger partial charge >= 0.3 is 0 Å². The third-order valence-electron chi connectivity index (χ3n) is 4.32. The lowest BCUT2D eigenvalue weighted by Crippen LogP contribution is -2.61. The minimum atomic E-state index is -0.413. The molecule has 1 amide bonds. The van der Waals surface area contributed by atoms with Crippen molar-refractivity contribution in [2.45, 2.75) is 52.6 Å². The monoisotopic (exact) mass is 255 g/mol. The van der Waals surface area contributed by atoms with Crippen LogP contribution >= 0.6 is 0 Å². The molecule has 18 heavy (non-hydrogen) atoms. The van der Waals surface area contributed by atoms with Gasteiger partial charge in [-0.25, -0.2) is 0 Å². The normalized spacial score (nSPS) is 21.4. The van der Waals surface area contributed by atoms with E-state index < -0.39 is 5.54 Å². The van der Waals surface area contributed by atoms with E-state index in [1.807, 2.05) is 13.8 Å². The van der Waals surface area contributed by atoms with Crippen LogP contribution in [0.25, 0.3) is 0 Å². The zero-order valence-electron chi connectivity index (χ0n) is 12.5. The number of piperazine rings is 1. The molecule has 0 bridgehead atoms. The number of carbonyl (C=O) groups excluding carboxylic acids is 1. The maximum Gasteiger partial charge on any atom is 0.240 e. The van der Waals surface area contributed by atoms with Crippen molar-refractivity contribution in [1.29, 1.82) is 0 Å². The molecule has 1 heterocycles. The van der Waals surface area contributed by atoms with Gasteiger partial charge in [0, 0.05) is 32.2 Å². The van der Waals surface area contributed by atoms with E-state index in [9.17, 15) is 4.79 Å². The van der Waals surface area contributed by atoms with E-state index in [0.29, 0.717) is 5.92 Å². The van der Waals surface area contributed by atoms with E-state index in [2.05, 4.69) is 36.3 Å². The molecule has 4 nitrogen and oxygen atoms in total. The van der Waals surface area contributed by atoms with Crippen molar-refractivity contribution >= 4 is 5.91 Å². The second-order valence-corrected chi connectivity index (χ2v) is 5.94. The fourth-order valence-corrected chi connectivity index (χ4v) is 2.25. The first-order valence-electron chi connectivity index (χ1n) is 7.16. The van der Waals surface area contributed by atoms with Gasteiger partial charge in [-0.15, -0.1) is 0 Å². The number of nitrogens with one attached hydrogen (secondary N) is 2. The van der Waals surface area contributed by atoms with Crippen LogP contribution in [0, 0.1) is 5.92 Å². The Bertz CT molecular complexity index is 272. The van der Waals surface area contributed by atoms with E-state index in [0.717, 1.165) is 32.6 Å². The van der Waals surface area contributed by atoms with Crippen molar-refractivity contribution in [2.75, 3.05) is 26.2 Å². The summed E-state index contributed by atoms with van der Waals surface area (Å²) < 4.78 is 0. The Labute approximate surface area is 111 Å². The molecule has 0 aromatic rings. The van der Waals surface area contributed by atoms with Crippen LogP contribution in [0.3, 0.4) is 0 Å². The summed E-state index contributed by atoms with van der Waals surface area (Å²) in [4.78, 5) is 14.7. The molecular weight excluding hydrogens is 226 g/mol. The van der Waals surface area contributed by atoms with Gasteiger partial charge in [0.15, 0.2) is 0 Å². The largest absolute Gasteiger partial charge is 0.352 e. The Balaban J connectivity index is 2.57. The van der Waals surface area contributed by atoms with Crippen LogP contribution in [0.2, 0.25) is 0 Å². The molecule has 2 unspecified atom stereocenters. The average Bonchev–Trinajstić information content (AvgIpc) is 2.38. The number of rotatable bonds is 5. The van der Waals surface area contributed by atoms with Crippen LogP contribution in [0.1, 0.15) is 41.0 Å². The first kappa shape index (κ1) is 15.4. The molecule has 106 valence electrons. The minimum Gasteiger partial charge on any atom is -0.352 e. The summed E-state index contributed by atoms with van der Waals surface area (Å²) in [5, 5.41) is 6.49. The highest BCUT2D eigenvalue weighted by Crippen LogP contribution is 2.16. The standard InChI is InChI=1S/C14H29N3O/c1-6-11(2)12(3)16-13(18)14(4,5)17-9-7-15-8-10-17/h11-12,15H,6-10H2,1-5H3,(H,16,18). The Morgan fingerprint density at radius 3 is 2.39 bits per heavy atom. The lowest BCUT2D eigenvalue weighted by Gasteiger charge is -2.40. The Morgan fingerprint density at radius 2 is 1.89 bits per heavy atom. The molecule has 1 rings (SSSR count). The maximum absolute atomic E-state index is 12.4. The Kier molecular flexibility index (Phi) is 5.60. The molecule has 0 aliphatic carbocycles. The number of hydrogen-bond acceptors (Lipinski definition) is 3. The third-order valence-corrected chi connectivity index (χ3v) is 4.32. The van der Waals surface area contributed by atoms with Gasteiger partial charge in [-0.1, -0.05) is 20.3 Å². The van der Waals surface area contributed by atoms with Gasteiger partial charge in [0.1, 0.15) is 0 Å². The summed E-state index contributed by atoms with van der Waals surface area (Å²) in [5.41, 5.74) is -0.413. The summed E-state index contributed by atoms with van der Waals surface area (Å²) in [6.07, 6.45) is 1.09. The molecule has 2 atom stereocenters. The zero-order chi connectivity index (χ0) is 13.8. The molecule has 1 aliphatic rings. The van der Waals surface area contributed by atoms with Gasteiger partial charge < -0.3 is 10.6 Å². The molecule has 2 N–H and O–H groups in total. The Morgan fingerprint density at radius 1 is 1.33 bits per heavy atom. The van der Waals surface area contributed by atoms with Crippen LogP contribution < -0.4 is 10.6 Å². The van der Waals surface area contributed by atoms with Gasteiger partial charge in [-0.05, 0) is 26.7 Å². The quantitative estimate of drug-likeness (QED) is 0.776. The summed E-state index contributed by atoms with van der Waals surface area (Å²) in [6.45, 7) is 14.3. The van der Waals surface area contributed by atoms with Gasteiger partial charge in [0.25, 0.3) is 0 Å². The highest BCUT2D eigenvalue weighted by atomic mass is 16.2. The van der Waals surface area contributed by atoms with Crippen LogP contribution in [0.5, 0.6) is 0 Å². The van der Waals surface area contributed by atoms with Crippen molar-refractivity contribution < 1.29 is 4.79 Å². The molecular formula is C14H29N3O. The zero-order valence-corrected chi connectivity index (χ0v) is 12.5. The van der Waals surface area contributed by atoms with E-state index in [1.54, 1.807) is 0 Å². The summed E-state index contributed by atoms with van der Waals surface area (Å²) in [5.74, 6) is 0.671. The van der Waals surface area contributed by atoms with E-state index in [-0.39, 0.29) is 11.9 Å². The van der Waals surface area contributed by atoms with Gasteiger partial charge in [-0.2, -0.15) is 0 Å². The third kappa shape index (κ3) is 3.69. The van der Waals surface area contributed by atoms with Crippen LogP contribution in [-0.2, 0) is 4.79 Å². The average molecular weight is 255 g/mol. The van der Waals surface area contributed by atoms with Crippen molar-refractivity contribution in [3.8, 4) is 0 Å². The molecule has 0 spiro atoms. The second kappa shape index (κ2) is 6.53. The smallest absolute Gasteiger partial charge is 0.240 e. The summed E-state index contributed by atoms with van der Waals surface area (Å²) >= 11 is 0. The number of nitrogens with zero attached hydrogens (tertiary/aromatic N) is 1. The molecule has 0 aromatic carbocycles. The van der Waals surface area contributed by atoms with Crippen LogP contribution in [0.15, 0.2) is 0 Å². The van der Waals surface area contributed by atoms with E-state index in [1.165, 1.54) is 0 Å². The highest BCUT2D eigenvalue weighted by Gasteiger charge is 2.35. The molecule has 1 saturated heterocycles. The first-order valence-corrected chi connectivity index (χ1v) is 7.16. The maximum atomic E-state index is 12.4. The number of carbonyl (C=O) groups is 1. The topological polar surface area (TPSA) is 44.4 Å². The van der Waals surface area contributed by atoms with E-state index in [4.69, 9.17) is 0 Å². The molecule has 0 saturated carbocycles. The summed E-state index contributed by atoms with van der Waals surface area (Å²) in [6, 6.07) is 0.240. The molecule has 1 aliphatic heterocycles. The second-order valence-electron chi connectivity index (χ2n) is 5.94.